The largest absolute Gasteiger partial charge is 0.423 e. The molecular formula is C18H24O2. The Morgan fingerprint density at radius 3 is 2.45 bits per heavy atom. The van der Waals surface area contributed by atoms with Crippen LogP contribution in [0.15, 0.2) is 36.9 Å². The molecule has 0 atom stereocenters. The lowest BCUT2D eigenvalue weighted by Crippen LogP contribution is -2.13. The standard InChI is InChI=1S/C18H24O2/c1-3-5-14-6-8-15(9-7-14)16-10-12-17(13-11-16)20-18(19)4-2/h4,10-15H,2-3,5-9H2,1H3/t14-,15-. The highest BCUT2D eigenvalue weighted by molar-refractivity contribution is 5.83. The molecule has 0 saturated heterocycles. The molecule has 0 aromatic heterocycles. The first kappa shape index (κ1) is 14.8. The van der Waals surface area contributed by atoms with E-state index in [1.165, 1.54) is 50.2 Å². The van der Waals surface area contributed by atoms with Crippen LogP contribution in [0.5, 0.6) is 5.75 Å². The molecule has 0 heterocycles. The molecule has 108 valence electrons. The molecule has 1 saturated carbocycles. The molecule has 0 spiro atoms. The van der Waals surface area contributed by atoms with Crippen LogP contribution in [0.2, 0.25) is 0 Å². The summed E-state index contributed by atoms with van der Waals surface area (Å²) in [6.07, 6.45) is 9.15. The quantitative estimate of drug-likeness (QED) is 0.435. The number of hydrogen-bond donors (Lipinski definition) is 0. The fourth-order valence-electron chi connectivity index (χ4n) is 3.16. The van der Waals surface area contributed by atoms with Gasteiger partial charge in [0.1, 0.15) is 5.75 Å². The smallest absolute Gasteiger partial charge is 0.335 e. The average Bonchev–Trinajstić information content (AvgIpc) is 2.49. The van der Waals surface area contributed by atoms with Gasteiger partial charge in [-0.1, -0.05) is 38.5 Å². The van der Waals surface area contributed by atoms with Crippen molar-refractivity contribution in [2.45, 2.75) is 51.4 Å². The molecular weight excluding hydrogens is 248 g/mol. The van der Waals surface area contributed by atoms with Crippen LogP contribution >= 0.6 is 0 Å². The molecule has 1 aromatic rings. The summed E-state index contributed by atoms with van der Waals surface area (Å²) in [6.45, 7) is 5.67. The summed E-state index contributed by atoms with van der Waals surface area (Å²) in [5.41, 5.74) is 1.37. The molecule has 2 heteroatoms. The van der Waals surface area contributed by atoms with Crippen molar-refractivity contribution in [1.29, 1.82) is 0 Å². The van der Waals surface area contributed by atoms with Crippen molar-refractivity contribution >= 4 is 5.97 Å². The molecule has 2 nitrogen and oxygen atoms in total. The number of benzene rings is 1. The maximum atomic E-state index is 11.1. The molecule has 1 aliphatic carbocycles. The van der Waals surface area contributed by atoms with Crippen LogP contribution < -0.4 is 4.74 Å². The van der Waals surface area contributed by atoms with Crippen LogP contribution in [0.1, 0.15) is 56.9 Å². The van der Waals surface area contributed by atoms with Crippen molar-refractivity contribution in [3.63, 3.8) is 0 Å². The monoisotopic (exact) mass is 272 g/mol. The van der Waals surface area contributed by atoms with Gasteiger partial charge in [0.25, 0.3) is 0 Å². The molecule has 0 bridgehead atoms. The molecule has 2 rings (SSSR count). The Morgan fingerprint density at radius 2 is 1.90 bits per heavy atom. The summed E-state index contributed by atoms with van der Waals surface area (Å²) in [6, 6.07) is 7.96. The maximum absolute atomic E-state index is 11.1. The lowest BCUT2D eigenvalue weighted by atomic mass is 9.77. The number of carbonyl (C=O) groups is 1. The summed E-state index contributed by atoms with van der Waals surface area (Å²) in [4.78, 5) is 11.1. The lowest BCUT2D eigenvalue weighted by molar-refractivity contribution is -0.128. The van der Waals surface area contributed by atoms with Crippen LogP contribution in [0, 0.1) is 5.92 Å². The Bertz CT molecular complexity index is 439. The zero-order chi connectivity index (χ0) is 14.4. The second-order valence-electron chi connectivity index (χ2n) is 5.70. The first-order valence-corrected chi connectivity index (χ1v) is 7.67. The van der Waals surface area contributed by atoms with Crippen molar-refractivity contribution in [1.82, 2.24) is 0 Å². The zero-order valence-electron chi connectivity index (χ0n) is 12.3. The maximum Gasteiger partial charge on any atom is 0.335 e. The lowest BCUT2D eigenvalue weighted by Gasteiger charge is -2.28. The van der Waals surface area contributed by atoms with E-state index < -0.39 is 5.97 Å². The van der Waals surface area contributed by atoms with E-state index in [0.29, 0.717) is 11.7 Å². The van der Waals surface area contributed by atoms with E-state index in [1.54, 1.807) is 0 Å². The van der Waals surface area contributed by atoms with Gasteiger partial charge < -0.3 is 4.74 Å². The van der Waals surface area contributed by atoms with E-state index in [9.17, 15) is 4.79 Å². The third kappa shape index (κ3) is 3.96. The van der Waals surface area contributed by atoms with Gasteiger partial charge in [-0.2, -0.15) is 0 Å². The number of rotatable bonds is 5. The van der Waals surface area contributed by atoms with Crippen molar-refractivity contribution in [3.05, 3.63) is 42.5 Å². The highest BCUT2D eigenvalue weighted by Gasteiger charge is 2.21. The SMILES string of the molecule is C=CC(=O)Oc1ccc([C@H]2CC[C@H](CCC)CC2)cc1. The fourth-order valence-corrected chi connectivity index (χ4v) is 3.16. The second-order valence-corrected chi connectivity index (χ2v) is 5.70. The van der Waals surface area contributed by atoms with E-state index >= 15 is 0 Å². The molecule has 1 aromatic carbocycles. The number of hydrogen-bond acceptors (Lipinski definition) is 2. The Morgan fingerprint density at radius 1 is 1.25 bits per heavy atom. The molecule has 0 aliphatic heterocycles. The third-order valence-electron chi connectivity index (χ3n) is 4.28. The van der Waals surface area contributed by atoms with Gasteiger partial charge in [-0.05, 0) is 55.2 Å². The van der Waals surface area contributed by atoms with Crippen LogP contribution in [0.3, 0.4) is 0 Å². The summed E-state index contributed by atoms with van der Waals surface area (Å²) >= 11 is 0. The summed E-state index contributed by atoms with van der Waals surface area (Å²) < 4.78 is 5.10. The molecule has 1 aliphatic rings. The highest BCUT2D eigenvalue weighted by atomic mass is 16.5. The van der Waals surface area contributed by atoms with E-state index in [2.05, 4.69) is 25.6 Å². The molecule has 0 amide bonds. The van der Waals surface area contributed by atoms with Crippen molar-refractivity contribution in [2.75, 3.05) is 0 Å². The predicted octanol–water partition coefficient (Wildman–Crippen LogP) is 4.85. The van der Waals surface area contributed by atoms with Gasteiger partial charge in [0.2, 0.25) is 0 Å². The van der Waals surface area contributed by atoms with Crippen LogP contribution in [-0.4, -0.2) is 5.97 Å². The number of ether oxygens (including phenoxy) is 1. The van der Waals surface area contributed by atoms with E-state index in [0.717, 1.165) is 5.92 Å². The molecule has 20 heavy (non-hydrogen) atoms. The summed E-state index contributed by atoms with van der Waals surface area (Å²) in [5.74, 6) is 1.80. The summed E-state index contributed by atoms with van der Waals surface area (Å²) in [7, 11) is 0. The first-order valence-electron chi connectivity index (χ1n) is 7.67. The highest BCUT2D eigenvalue weighted by Crippen LogP contribution is 2.37. The second kappa shape index (κ2) is 7.28. The van der Waals surface area contributed by atoms with E-state index in [1.807, 2.05) is 12.1 Å². The van der Waals surface area contributed by atoms with Gasteiger partial charge in [-0.25, -0.2) is 4.79 Å². The summed E-state index contributed by atoms with van der Waals surface area (Å²) in [5, 5.41) is 0. The van der Waals surface area contributed by atoms with Gasteiger partial charge in [-0.15, -0.1) is 0 Å². The Kier molecular flexibility index (Phi) is 5.40. The number of carbonyl (C=O) groups excluding carboxylic acids is 1. The van der Waals surface area contributed by atoms with E-state index in [4.69, 9.17) is 4.74 Å². The van der Waals surface area contributed by atoms with Gasteiger partial charge in [0.15, 0.2) is 0 Å². The fraction of sp³-hybridized carbons (Fsp3) is 0.500. The molecule has 0 unspecified atom stereocenters. The van der Waals surface area contributed by atoms with Gasteiger partial charge >= 0.3 is 5.97 Å². The number of esters is 1. The van der Waals surface area contributed by atoms with Crippen LogP contribution in [0.25, 0.3) is 0 Å². The average molecular weight is 272 g/mol. The van der Waals surface area contributed by atoms with Gasteiger partial charge in [0, 0.05) is 6.08 Å². The van der Waals surface area contributed by atoms with Gasteiger partial charge in [-0.3, -0.25) is 0 Å². The minimum atomic E-state index is -0.405. The Balaban J connectivity index is 1.90. The first-order chi connectivity index (χ1) is 9.72. The van der Waals surface area contributed by atoms with Crippen molar-refractivity contribution in [2.24, 2.45) is 5.92 Å². The molecule has 1 fully saturated rings. The topological polar surface area (TPSA) is 26.3 Å². The minimum absolute atomic E-state index is 0.405. The van der Waals surface area contributed by atoms with E-state index in [-0.39, 0.29) is 0 Å². The zero-order valence-corrected chi connectivity index (χ0v) is 12.3. The Hall–Kier alpha value is -1.57. The Labute approximate surface area is 121 Å². The third-order valence-corrected chi connectivity index (χ3v) is 4.28. The normalized spacial score (nSPS) is 22.2. The van der Waals surface area contributed by atoms with Gasteiger partial charge in [0.05, 0.1) is 0 Å². The predicted molar refractivity (Wildman–Crippen MR) is 81.9 cm³/mol. The van der Waals surface area contributed by atoms with Crippen molar-refractivity contribution in [3.8, 4) is 5.75 Å². The van der Waals surface area contributed by atoms with Crippen LogP contribution in [-0.2, 0) is 4.79 Å². The van der Waals surface area contributed by atoms with Crippen molar-refractivity contribution < 1.29 is 9.53 Å². The molecule has 0 N–H and O–H groups in total. The molecule has 0 radical (unpaired) electrons. The van der Waals surface area contributed by atoms with Crippen LogP contribution in [0.4, 0.5) is 0 Å². The minimum Gasteiger partial charge on any atom is -0.423 e.